The van der Waals surface area contributed by atoms with Crippen molar-refractivity contribution in [2.75, 3.05) is 19.7 Å². The summed E-state index contributed by atoms with van der Waals surface area (Å²) in [6.45, 7) is 2.82. The molecule has 1 fully saturated rings. The fraction of sp³-hybridized carbons (Fsp3) is 0.677. The quantitative estimate of drug-likeness (QED) is 0.276. The lowest BCUT2D eigenvalue weighted by atomic mass is 9.77. The molecule has 2 amide bonds. The highest BCUT2D eigenvalue weighted by atomic mass is 16.5. The highest BCUT2D eigenvalue weighted by Crippen LogP contribution is 2.47. The van der Waals surface area contributed by atoms with Gasteiger partial charge in [-0.3, -0.25) is 9.59 Å². The van der Waals surface area contributed by atoms with E-state index in [0.29, 0.717) is 30.2 Å². The van der Waals surface area contributed by atoms with Gasteiger partial charge in [-0.25, -0.2) is 0 Å². The van der Waals surface area contributed by atoms with Crippen molar-refractivity contribution < 1.29 is 24.5 Å². The highest BCUT2D eigenvalue weighted by molar-refractivity contribution is 5.96. The van der Waals surface area contributed by atoms with Gasteiger partial charge in [-0.05, 0) is 37.3 Å². The summed E-state index contributed by atoms with van der Waals surface area (Å²) in [4.78, 5) is 28.6. The van der Waals surface area contributed by atoms with Crippen molar-refractivity contribution in [1.82, 2.24) is 10.2 Å². The zero-order valence-corrected chi connectivity index (χ0v) is 22.9. The van der Waals surface area contributed by atoms with Crippen LogP contribution in [0.4, 0.5) is 0 Å². The number of para-hydroxylation sites is 1. The van der Waals surface area contributed by atoms with E-state index in [9.17, 15) is 19.8 Å². The molecule has 4 atom stereocenters. The number of amides is 2. The molecule has 0 aromatic heterocycles. The Morgan fingerprint density at radius 3 is 2.39 bits per heavy atom. The zero-order chi connectivity index (χ0) is 26.9. The molecular weight excluding hydrogens is 480 g/mol. The molecule has 3 aliphatic rings. The maximum atomic E-state index is 13.5. The average Bonchev–Trinajstić information content (AvgIpc) is 3.67. The van der Waals surface area contributed by atoms with E-state index in [1.165, 1.54) is 38.5 Å². The molecule has 4 unspecified atom stereocenters. The lowest BCUT2D eigenvalue weighted by Crippen LogP contribution is -2.56. The molecule has 1 heterocycles. The highest BCUT2D eigenvalue weighted by Gasteiger charge is 2.50. The van der Waals surface area contributed by atoms with Crippen molar-refractivity contribution in [2.45, 2.75) is 108 Å². The number of aliphatic hydroxyl groups is 2. The number of ether oxygens (including phenoxy) is 1. The molecule has 4 rings (SSSR count). The Balaban J connectivity index is 1.44. The summed E-state index contributed by atoms with van der Waals surface area (Å²) in [6, 6.07) is 6.95. The van der Waals surface area contributed by atoms with Gasteiger partial charge >= 0.3 is 0 Å². The fourth-order valence-corrected chi connectivity index (χ4v) is 5.89. The number of rotatable bonds is 16. The van der Waals surface area contributed by atoms with Gasteiger partial charge < -0.3 is 25.2 Å². The Morgan fingerprint density at radius 2 is 1.71 bits per heavy atom. The number of nitrogens with zero attached hydrogens (tertiary/aromatic N) is 1. The number of nitrogens with one attached hydrogen (secondary N) is 1. The molecule has 0 saturated heterocycles. The molecule has 210 valence electrons. The summed E-state index contributed by atoms with van der Waals surface area (Å²) in [5.74, 6) is 0.464. The first-order valence-corrected chi connectivity index (χ1v) is 14.9. The van der Waals surface area contributed by atoms with Crippen molar-refractivity contribution in [3.8, 4) is 5.75 Å². The molecular formula is C31H46N2O5. The van der Waals surface area contributed by atoms with E-state index in [1.54, 1.807) is 6.08 Å². The molecule has 3 N–H and O–H groups in total. The molecule has 0 radical (unpaired) electrons. The average molecular weight is 527 g/mol. The van der Waals surface area contributed by atoms with Gasteiger partial charge in [-0.1, -0.05) is 76.5 Å². The van der Waals surface area contributed by atoms with Gasteiger partial charge in [0.15, 0.2) is 0 Å². The van der Waals surface area contributed by atoms with Crippen LogP contribution in [-0.2, 0) is 9.59 Å². The molecule has 7 heteroatoms. The van der Waals surface area contributed by atoms with E-state index in [0.717, 1.165) is 37.7 Å². The van der Waals surface area contributed by atoms with Crippen LogP contribution < -0.4 is 10.1 Å². The second-order valence-corrected chi connectivity index (χ2v) is 11.2. The van der Waals surface area contributed by atoms with Gasteiger partial charge in [0.2, 0.25) is 11.8 Å². The second kappa shape index (κ2) is 14.1. The maximum absolute atomic E-state index is 13.5. The SMILES string of the molecule is CCCCCCCCCCCC(=O)N(CC1CC1)C1C=C(C(=O)NCCO)C2c3ccccc3OC2C1O. The number of unbranched alkanes of at least 4 members (excludes halogenated alkanes) is 8. The zero-order valence-electron chi connectivity index (χ0n) is 22.9. The standard InChI is InChI=1S/C31H46N2O5/c1-2-3-4-5-6-7-8-9-10-15-27(35)33(21-22-16-17-22)25-20-24(31(37)32-18-19-34)28-23-13-11-12-14-26(23)38-30(28)29(25)36/h11-14,20,22,25,28-30,34,36H,2-10,15-19,21H2,1H3,(H,32,37). The van der Waals surface area contributed by atoms with Gasteiger partial charge in [-0.2, -0.15) is 0 Å². The van der Waals surface area contributed by atoms with E-state index in [4.69, 9.17) is 4.74 Å². The number of hydrogen-bond donors (Lipinski definition) is 3. The number of fused-ring (bicyclic) bond motifs is 3. The Kier molecular flexibility index (Phi) is 10.6. The predicted octanol–water partition coefficient (Wildman–Crippen LogP) is 4.47. The van der Waals surface area contributed by atoms with Crippen LogP contribution in [0.5, 0.6) is 5.75 Å². The first kappa shape index (κ1) is 28.6. The Bertz CT molecular complexity index is 959. The molecule has 1 aromatic carbocycles. The van der Waals surface area contributed by atoms with Crippen LogP contribution in [-0.4, -0.2) is 64.9 Å². The second-order valence-electron chi connectivity index (χ2n) is 11.2. The molecule has 2 aliphatic carbocycles. The molecule has 7 nitrogen and oxygen atoms in total. The third-order valence-electron chi connectivity index (χ3n) is 8.20. The van der Waals surface area contributed by atoms with Gasteiger partial charge in [0.05, 0.1) is 18.6 Å². The first-order chi connectivity index (χ1) is 18.5. The largest absolute Gasteiger partial charge is 0.486 e. The van der Waals surface area contributed by atoms with Crippen LogP contribution in [0.15, 0.2) is 35.9 Å². The monoisotopic (exact) mass is 526 g/mol. The normalized spacial score (nSPS) is 23.7. The molecule has 1 aromatic rings. The third-order valence-corrected chi connectivity index (χ3v) is 8.20. The van der Waals surface area contributed by atoms with Crippen LogP contribution in [0.2, 0.25) is 0 Å². The minimum atomic E-state index is -0.937. The summed E-state index contributed by atoms with van der Waals surface area (Å²) < 4.78 is 6.19. The lowest BCUT2D eigenvalue weighted by molar-refractivity contribution is -0.137. The molecule has 38 heavy (non-hydrogen) atoms. The predicted molar refractivity (Wildman–Crippen MR) is 148 cm³/mol. The maximum Gasteiger partial charge on any atom is 0.247 e. The van der Waals surface area contributed by atoms with Gasteiger partial charge in [0.25, 0.3) is 0 Å². The minimum absolute atomic E-state index is 0.0456. The van der Waals surface area contributed by atoms with Gasteiger partial charge in [-0.15, -0.1) is 0 Å². The van der Waals surface area contributed by atoms with Crippen LogP contribution in [0.25, 0.3) is 0 Å². The number of aliphatic hydroxyl groups excluding tert-OH is 2. The van der Waals surface area contributed by atoms with Crippen LogP contribution in [0.1, 0.15) is 95.5 Å². The van der Waals surface area contributed by atoms with E-state index in [-0.39, 0.29) is 25.0 Å². The molecule has 0 spiro atoms. The number of hydrogen-bond acceptors (Lipinski definition) is 5. The van der Waals surface area contributed by atoms with Crippen molar-refractivity contribution in [1.29, 1.82) is 0 Å². The van der Waals surface area contributed by atoms with E-state index >= 15 is 0 Å². The summed E-state index contributed by atoms with van der Waals surface area (Å²) in [5, 5.41) is 23.6. The summed E-state index contributed by atoms with van der Waals surface area (Å²) in [5.41, 5.74) is 1.37. The lowest BCUT2D eigenvalue weighted by Gasteiger charge is -2.41. The first-order valence-electron chi connectivity index (χ1n) is 14.9. The van der Waals surface area contributed by atoms with Gasteiger partial charge in [0.1, 0.15) is 18.0 Å². The summed E-state index contributed by atoms with van der Waals surface area (Å²) in [6.07, 6.45) is 13.6. The van der Waals surface area contributed by atoms with E-state index in [1.807, 2.05) is 29.2 Å². The van der Waals surface area contributed by atoms with Crippen molar-refractivity contribution in [3.63, 3.8) is 0 Å². The van der Waals surface area contributed by atoms with E-state index in [2.05, 4.69) is 12.2 Å². The number of carbonyl (C=O) groups excluding carboxylic acids is 2. The van der Waals surface area contributed by atoms with Gasteiger partial charge in [0, 0.05) is 30.6 Å². The number of benzene rings is 1. The van der Waals surface area contributed by atoms with Crippen molar-refractivity contribution in [3.05, 3.63) is 41.5 Å². The molecule has 1 aliphatic heterocycles. The summed E-state index contributed by atoms with van der Waals surface area (Å²) in [7, 11) is 0. The van der Waals surface area contributed by atoms with Crippen LogP contribution >= 0.6 is 0 Å². The number of carbonyl (C=O) groups is 2. The van der Waals surface area contributed by atoms with Crippen molar-refractivity contribution >= 4 is 11.8 Å². The Hall–Kier alpha value is -2.38. The smallest absolute Gasteiger partial charge is 0.247 e. The van der Waals surface area contributed by atoms with Crippen LogP contribution in [0.3, 0.4) is 0 Å². The molecule has 1 saturated carbocycles. The minimum Gasteiger partial charge on any atom is -0.486 e. The topological polar surface area (TPSA) is 99.1 Å². The molecule has 0 bridgehead atoms. The van der Waals surface area contributed by atoms with E-state index < -0.39 is 24.2 Å². The van der Waals surface area contributed by atoms with Crippen molar-refractivity contribution in [2.24, 2.45) is 5.92 Å². The Morgan fingerprint density at radius 1 is 1.03 bits per heavy atom. The van der Waals surface area contributed by atoms with Crippen LogP contribution in [0, 0.1) is 5.92 Å². The summed E-state index contributed by atoms with van der Waals surface area (Å²) >= 11 is 0. The fourth-order valence-electron chi connectivity index (χ4n) is 5.89. The third kappa shape index (κ3) is 7.17. The Labute approximate surface area is 227 Å².